The summed E-state index contributed by atoms with van der Waals surface area (Å²) >= 11 is 0. The van der Waals surface area contributed by atoms with Crippen molar-refractivity contribution in [3.8, 4) is 5.75 Å². The first-order valence-corrected chi connectivity index (χ1v) is 7.43. The summed E-state index contributed by atoms with van der Waals surface area (Å²) in [5.41, 5.74) is 1.94. The zero-order valence-corrected chi connectivity index (χ0v) is 13.0. The number of ether oxygens (including phenoxy) is 1. The van der Waals surface area contributed by atoms with E-state index in [-0.39, 0.29) is 12.1 Å². The number of hydrogen-bond donors (Lipinski definition) is 2. The lowest BCUT2D eigenvalue weighted by Gasteiger charge is -2.15. The lowest BCUT2D eigenvalue weighted by Crippen LogP contribution is -2.36. The van der Waals surface area contributed by atoms with E-state index in [9.17, 15) is 4.79 Å². The first-order valence-electron chi connectivity index (χ1n) is 7.43. The smallest absolute Gasteiger partial charge is 0.319 e. The van der Waals surface area contributed by atoms with E-state index in [1.807, 2.05) is 49.4 Å². The van der Waals surface area contributed by atoms with Gasteiger partial charge in [0.15, 0.2) is 0 Å². The summed E-state index contributed by atoms with van der Waals surface area (Å²) in [6.07, 6.45) is 1.83. The highest BCUT2D eigenvalue weighted by molar-refractivity contribution is 5.91. The first kappa shape index (κ1) is 15.9. The molecule has 2 rings (SSSR count). The van der Waals surface area contributed by atoms with Crippen LogP contribution in [0.3, 0.4) is 0 Å². The monoisotopic (exact) mass is 298 g/mol. The molecule has 0 aliphatic heterocycles. The van der Waals surface area contributed by atoms with E-state index in [4.69, 9.17) is 4.74 Å². The zero-order chi connectivity index (χ0) is 15.8. The molecule has 0 heterocycles. The van der Waals surface area contributed by atoms with Crippen LogP contribution < -0.4 is 15.4 Å². The van der Waals surface area contributed by atoms with E-state index in [1.54, 1.807) is 7.11 Å². The Morgan fingerprint density at radius 1 is 1.09 bits per heavy atom. The molecule has 0 saturated heterocycles. The molecule has 0 bridgehead atoms. The minimum absolute atomic E-state index is 0.0925. The van der Waals surface area contributed by atoms with Crippen LogP contribution >= 0.6 is 0 Å². The number of methoxy groups -OCH3 is 1. The van der Waals surface area contributed by atoms with E-state index < -0.39 is 0 Å². The topological polar surface area (TPSA) is 50.4 Å². The van der Waals surface area contributed by atoms with E-state index in [1.165, 1.54) is 5.56 Å². The van der Waals surface area contributed by atoms with Crippen molar-refractivity contribution in [2.75, 3.05) is 12.4 Å². The number of rotatable bonds is 6. The Bertz CT molecular complexity index is 599. The molecule has 4 nitrogen and oxygen atoms in total. The van der Waals surface area contributed by atoms with Crippen molar-refractivity contribution in [1.82, 2.24) is 5.32 Å². The summed E-state index contributed by atoms with van der Waals surface area (Å²) in [6.45, 7) is 2.00. The van der Waals surface area contributed by atoms with Crippen LogP contribution in [0.5, 0.6) is 5.75 Å². The number of hydrogen-bond acceptors (Lipinski definition) is 2. The molecule has 0 aliphatic carbocycles. The molecule has 0 aliphatic rings. The number of anilines is 1. The van der Waals surface area contributed by atoms with Crippen LogP contribution in [0.15, 0.2) is 54.6 Å². The van der Waals surface area contributed by atoms with Crippen LogP contribution in [0.25, 0.3) is 0 Å². The van der Waals surface area contributed by atoms with Gasteiger partial charge in [0, 0.05) is 6.04 Å². The van der Waals surface area contributed by atoms with Gasteiger partial charge < -0.3 is 15.4 Å². The predicted molar refractivity (Wildman–Crippen MR) is 89.4 cm³/mol. The molecule has 0 spiro atoms. The summed E-state index contributed by atoms with van der Waals surface area (Å²) in [7, 11) is 1.58. The average Bonchev–Trinajstić information content (AvgIpc) is 2.54. The largest absolute Gasteiger partial charge is 0.495 e. The summed E-state index contributed by atoms with van der Waals surface area (Å²) in [5, 5.41) is 5.76. The second-order valence-corrected chi connectivity index (χ2v) is 5.22. The number of nitrogens with one attached hydrogen (secondary N) is 2. The Hall–Kier alpha value is -2.49. The number of urea groups is 1. The number of para-hydroxylation sites is 2. The van der Waals surface area contributed by atoms with Crippen LogP contribution in [-0.4, -0.2) is 19.2 Å². The van der Waals surface area contributed by atoms with Crippen molar-refractivity contribution in [3.63, 3.8) is 0 Å². The molecule has 1 atom stereocenters. The number of benzene rings is 2. The summed E-state index contributed by atoms with van der Waals surface area (Å²) in [5.74, 6) is 0.648. The highest BCUT2D eigenvalue weighted by Gasteiger charge is 2.09. The lowest BCUT2D eigenvalue weighted by molar-refractivity contribution is 0.248. The van der Waals surface area contributed by atoms with Gasteiger partial charge in [-0.05, 0) is 37.5 Å². The van der Waals surface area contributed by atoms with Crippen molar-refractivity contribution in [3.05, 3.63) is 60.2 Å². The molecule has 0 fully saturated rings. The summed E-state index contributed by atoms with van der Waals surface area (Å²) in [4.78, 5) is 12.0. The third-order valence-corrected chi connectivity index (χ3v) is 3.44. The third kappa shape index (κ3) is 4.81. The SMILES string of the molecule is COc1ccccc1NC(=O)N[C@@H](C)CCc1ccccc1. The van der Waals surface area contributed by atoms with Gasteiger partial charge in [-0.25, -0.2) is 4.79 Å². The normalized spacial score (nSPS) is 11.5. The molecule has 2 amide bonds. The second-order valence-electron chi connectivity index (χ2n) is 5.22. The molecule has 0 radical (unpaired) electrons. The van der Waals surface area contributed by atoms with Crippen LogP contribution in [0.4, 0.5) is 10.5 Å². The molecule has 116 valence electrons. The summed E-state index contributed by atoms with van der Waals surface area (Å²) < 4.78 is 5.21. The molecule has 2 N–H and O–H groups in total. The lowest BCUT2D eigenvalue weighted by atomic mass is 10.1. The van der Waals surface area contributed by atoms with E-state index in [0.29, 0.717) is 11.4 Å². The van der Waals surface area contributed by atoms with Gasteiger partial charge in [-0.15, -0.1) is 0 Å². The van der Waals surface area contributed by atoms with Crippen molar-refractivity contribution < 1.29 is 9.53 Å². The number of carbonyl (C=O) groups excluding carboxylic acids is 1. The van der Waals surface area contributed by atoms with Gasteiger partial charge in [0.1, 0.15) is 5.75 Å². The fraction of sp³-hybridized carbons (Fsp3) is 0.278. The molecule has 4 heteroatoms. The molecule has 2 aromatic carbocycles. The molecule has 0 aromatic heterocycles. The van der Waals surface area contributed by atoms with Gasteiger partial charge >= 0.3 is 6.03 Å². The number of aryl methyl sites for hydroxylation is 1. The number of carbonyl (C=O) groups is 1. The van der Waals surface area contributed by atoms with Crippen LogP contribution in [0.1, 0.15) is 18.9 Å². The maximum absolute atomic E-state index is 12.0. The van der Waals surface area contributed by atoms with Gasteiger partial charge in [0.2, 0.25) is 0 Å². The fourth-order valence-electron chi connectivity index (χ4n) is 2.23. The standard InChI is InChI=1S/C18H22N2O2/c1-14(12-13-15-8-4-3-5-9-15)19-18(21)20-16-10-6-7-11-17(16)22-2/h3-11,14H,12-13H2,1-2H3,(H2,19,20,21)/t14-/m0/s1. The van der Waals surface area contributed by atoms with Gasteiger partial charge in [0.05, 0.1) is 12.8 Å². The van der Waals surface area contributed by atoms with Crippen molar-refractivity contribution in [1.29, 1.82) is 0 Å². The Kier molecular flexibility index (Phi) is 5.83. The third-order valence-electron chi connectivity index (χ3n) is 3.44. The maximum Gasteiger partial charge on any atom is 0.319 e. The van der Waals surface area contributed by atoms with Gasteiger partial charge in [-0.2, -0.15) is 0 Å². The van der Waals surface area contributed by atoms with E-state index in [2.05, 4.69) is 22.8 Å². The van der Waals surface area contributed by atoms with Crippen molar-refractivity contribution in [2.24, 2.45) is 0 Å². The minimum Gasteiger partial charge on any atom is -0.495 e. The van der Waals surface area contributed by atoms with Gasteiger partial charge in [0.25, 0.3) is 0 Å². The highest BCUT2D eigenvalue weighted by Crippen LogP contribution is 2.22. The fourth-order valence-corrected chi connectivity index (χ4v) is 2.23. The van der Waals surface area contributed by atoms with E-state index in [0.717, 1.165) is 12.8 Å². The van der Waals surface area contributed by atoms with Crippen molar-refractivity contribution in [2.45, 2.75) is 25.8 Å². The van der Waals surface area contributed by atoms with Crippen LogP contribution in [0, 0.1) is 0 Å². The first-order chi connectivity index (χ1) is 10.7. The summed E-state index contributed by atoms with van der Waals surface area (Å²) in [6, 6.07) is 17.5. The minimum atomic E-state index is -0.218. The maximum atomic E-state index is 12.0. The van der Waals surface area contributed by atoms with Crippen LogP contribution in [0.2, 0.25) is 0 Å². The Morgan fingerprint density at radius 3 is 2.50 bits per heavy atom. The quantitative estimate of drug-likeness (QED) is 0.851. The zero-order valence-electron chi connectivity index (χ0n) is 13.0. The Morgan fingerprint density at radius 2 is 1.77 bits per heavy atom. The predicted octanol–water partition coefficient (Wildman–Crippen LogP) is 3.84. The van der Waals surface area contributed by atoms with Gasteiger partial charge in [-0.3, -0.25) is 0 Å². The average molecular weight is 298 g/mol. The molecule has 0 unspecified atom stereocenters. The Balaban J connectivity index is 1.81. The second kappa shape index (κ2) is 8.08. The van der Waals surface area contributed by atoms with Crippen molar-refractivity contribution >= 4 is 11.7 Å². The van der Waals surface area contributed by atoms with Crippen LogP contribution in [-0.2, 0) is 6.42 Å². The van der Waals surface area contributed by atoms with E-state index >= 15 is 0 Å². The Labute approximate surface area is 131 Å². The van der Waals surface area contributed by atoms with Gasteiger partial charge in [-0.1, -0.05) is 42.5 Å². The highest BCUT2D eigenvalue weighted by atomic mass is 16.5. The molecular formula is C18H22N2O2. The molecule has 2 aromatic rings. The molecule has 22 heavy (non-hydrogen) atoms. The molecular weight excluding hydrogens is 276 g/mol. The molecule has 0 saturated carbocycles. The number of amides is 2.